The SMILES string of the molecule is CC(O)CCC(O)c1cccc(O)c1O. The van der Waals surface area contributed by atoms with Gasteiger partial charge in [0, 0.05) is 5.56 Å². The van der Waals surface area contributed by atoms with E-state index in [4.69, 9.17) is 5.11 Å². The molecule has 0 saturated carbocycles. The van der Waals surface area contributed by atoms with E-state index in [0.29, 0.717) is 12.8 Å². The molecule has 1 aromatic rings. The first kappa shape index (κ1) is 11.8. The van der Waals surface area contributed by atoms with E-state index < -0.39 is 12.2 Å². The summed E-state index contributed by atoms with van der Waals surface area (Å²) >= 11 is 0. The lowest BCUT2D eigenvalue weighted by Crippen LogP contribution is -2.04. The average molecular weight is 212 g/mol. The lowest BCUT2D eigenvalue weighted by atomic mass is 10.0. The molecule has 0 aliphatic rings. The smallest absolute Gasteiger partial charge is 0.163 e. The Morgan fingerprint density at radius 1 is 1.13 bits per heavy atom. The van der Waals surface area contributed by atoms with Crippen molar-refractivity contribution in [1.29, 1.82) is 0 Å². The molecule has 0 radical (unpaired) electrons. The fourth-order valence-electron chi connectivity index (χ4n) is 1.37. The van der Waals surface area contributed by atoms with Gasteiger partial charge in [-0.1, -0.05) is 12.1 Å². The molecule has 0 saturated heterocycles. The molecule has 1 aromatic carbocycles. The fourth-order valence-corrected chi connectivity index (χ4v) is 1.37. The molecule has 4 N–H and O–H groups in total. The van der Waals surface area contributed by atoms with Gasteiger partial charge in [0.1, 0.15) is 0 Å². The first-order valence-electron chi connectivity index (χ1n) is 4.89. The zero-order valence-electron chi connectivity index (χ0n) is 8.59. The van der Waals surface area contributed by atoms with Crippen molar-refractivity contribution in [2.45, 2.75) is 32.0 Å². The van der Waals surface area contributed by atoms with Gasteiger partial charge in [-0.2, -0.15) is 0 Å². The van der Waals surface area contributed by atoms with E-state index in [-0.39, 0.29) is 17.1 Å². The Bertz CT molecular complexity index is 322. The molecule has 0 amide bonds. The van der Waals surface area contributed by atoms with Crippen LogP contribution in [0.5, 0.6) is 11.5 Å². The summed E-state index contributed by atoms with van der Waals surface area (Å²) in [5.74, 6) is -0.542. The number of aromatic hydroxyl groups is 2. The maximum atomic E-state index is 9.69. The summed E-state index contributed by atoms with van der Waals surface area (Å²) in [6, 6.07) is 4.44. The Labute approximate surface area is 88.4 Å². The van der Waals surface area contributed by atoms with Crippen LogP contribution < -0.4 is 0 Å². The van der Waals surface area contributed by atoms with Gasteiger partial charge >= 0.3 is 0 Å². The summed E-state index contributed by atoms with van der Waals surface area (Å²) in [6.45, 7) is 1.63. The number of phenolic OH excluding ortho intramolecular Hbond substituents is 2. The predicted molar refractivity (Wildman–Crippen MR) is 55.6 cm³/mol. The molecule has 15 heavy (non-hydrogen) atoms. The largest absolute Gasteiger partial charge is 0.504 e. The van der Waals surface area contributed by atoms with Crippen LogP contribution in [0, 0.1) is 0 Å². The van der Waals surface area contributed by atoms with E-state index in [1.54, 1.807) is 19.1 Å². The van der Waals surface area contributed by atoms with Crippen LogP contribution in [-0.4, -0.2) is 26.5 Å². The summed E-state index contributed by atoms with van der Waals surface area (Å²) in [4.78, 5) is 0. The molecular weight excluding hydrogens is 196 g/mol. The van der Waals surface area contributed by atoms with Gasteiger partial charge in [0.05, 0.1) is 12.2 Å². The lowest BCUT2D eigenvalue weighted by Gasteiger charge is -2.13. The van der Waals surface area contributed by atoms with Gasteiger partial charge in [-0.25, -0.2) is 0 Å². The molecule has 2 atom stereocenters. The van der Waals surface area contributed by atoms with Crippen LogP contribution in [-0.2, 0) is 0 Å². The molecule has 4 nitrogen and oxygen atoms in total. The van der Waals surface area contributed by atoms with Crippen LogP contribution in [0.4, 0.5) is 0 Å². The molecule has 4 heteroatoms. The number of hydrogen-bond donors (Lipinski definition) is 4. The minimum Gasteiger partial charge on any atom is -0.504 e. The highest BCUT2D eigenvalue weighted by Gasteiger charge is 2.15. The molecule has 0 heterocycles. The highest BCUT2D eigenvalue weighted by atomic mass is 16.3. The van der Waals surface area contributed by atoms with Gasteiger partial charge in [0.25, 0.3) is 0 Å². The van der Waals surface area contributed by atoms with Crippen molar-refractivity contribution >= 4 is 0 Å². The minimum absolute atomic E-state index is 0.247. The van der Waals surface area contributed by atoms with E-state index in [0.717, 1.165) is 0 Å². The zero-order chi connectivity index (χ0) is 11.4. The number of hydrogen-bond acceptors (Lipinski definition) is 4. The minimum atomic E-state index is -0.869. The van der Waals surface area contributed by atoms with Gasteiger partial charge < -0.3 is 20.4 Å². The fraction of sp³-hybridized carbons (Fsp3) is 0.455. The van der Waals surface area contributed by atoms with Crippen molar-refractivity contribution in [3.8, 4) is 11.5 Å². The Balaban J connectivity index is 2.73. The highest BCUT2D eigenvalue weighted by molar-refractivity contribution is 5.45. The molecule has 1 rings (SSSR count). The summed E-state index contributed by atoms with van der Waals surface area (Å²) in [7, 11) is 0. The zero-order valence-corrected chi connectivity index (χ0v) is 8.59. The second-order valence-corrected chi connectivity index (χ2v) is 3.66. The summed E-state index contributed by atoms with van der Waals surface area (Å²) < 4.78 is 0. The molecule has 0 aliphatic heterocycles. The third-order valence-electron chi connectivity index (χ3n) is 2.26. The summed E-state index contributed by atoms with van der Waals surface area (Å²) in [5.41, 5.74) is 0.288. The van der Waals surface area contributed by atoms with Crippen LogP contribution in [0.3, 0.4) is 0 Å². The van der Waals surface area contributed by atoms with Crippen LogP contribution >= 0.6 is 0 Å². The van der Waals surface area contributed by atoms with E-state index in [1.807, 2.05) is 0 Å². The van der Waals surface area contributed by atoms with Crippen LogP contribution in [0.1, 0.15) is 31.4 Å². The number of phenols is 2. The molecule has 84 valence electrons. The van der Waals surface area contributed by atoms with Gasteiger partial charge in [-0.3, -0.25) is 0 Å². The first-order valence-corrected chi connectivity index (χ1v) is 4.89. The predicted octanol–water partition coefficient (Wildman–Crippen LogP) is 1.29. The van der Waals surface area contributed by atoms with Crippen molar-refractivity contribution in [3.05, 3.63) is 23.8 Å². The molecule has 0 fully saturated rings. The summed E-state index contributed by atoms with van der Waals surface area (Å²) in [5, 5.41) is 37.4. The number of aliphatic hydroxyl groups is 2. The van der Waals surface area contributed by atoms with E-state index in [9.17, 15) is 15.3 Å². The standard InChI is InChI=1S/C11H16O4/c1-7(12)5-6-9(13)8-3-2-4-10(14)11(8)15/h2-4,7,9,12-15H,5-6H2,1H3. The normalized spacial score (nSPS) is 14.9. The molecule has 0 aromatic heterocycles. The lowest BCUT2D eigenvalue weighted by molar-refractivity contribution is 0.121. The Morgan fingerprint density at radius 2 is 1.80 bits per heavy atom. The van der Waals surface area contributed by atoms with Crippen molar-refractivity contribution in [1.82, 2.24) is 0 Å². The topological polar surface area (TPSA) is 80.9 Å². The monoisotopic (exact) mass is 212 g/mol. The van der Waals surface area contributed by atoms with E-state index in [2.05, 4.69) is 0 Å². The van der Waals surface area contributed by atoms with Gasteiger partial charge in [-0.05, 0) is 25.8 Å². The third-order valence-corrected chi connectivity index (χ3v) is 2.26. The van der Waals surface area contributed by atoms with Crippen molar-refractivity contribution < 1.29 is 20.4 Å². The molecule has 0 bridgehead atoms. The number of para-hydroxylation sites is 1. The first-order chi connectivity index (χ1) is 7.02. The third kappa shape index (κ3) is 3.11. The highest BCUT2D eigenvalue weighted by Crippen LogP contribution is 2.34. The van der Waals surface area contributed by atoms with Crippen LogP contribution in [0.2, 0.25) is 0 Å². The quantitative estimate of drug-likeness (QED) is 0.567. The number of rotatable bonds is 4. The van der Waals surface area contributed by atoms with E-state index in [1.165, 1.54) is 6.07 Å². The molecule has 2 unspecified atom stereocenters. The average Bonchev–Trinajstić information content (AvgIpc) is 2.18. The second-order valence-electron chi connectivity index (χ2n) is 3.66. The summed E-state index contributed by atoms with van der Waals surface area (Å²) in [6.07, 6.45) is -0.573. The second kappa shape index (κ2) is 5.00. The van der Waals surface area contributed by atoms with E-state index >= 15 is 0 Å². The Hall–Kier alpha value is -1.26. The van der Waals surface area contributed by atoms with Crippen molar-refractivity contribution in [2.24, 2.45) is 0 Å². The molecule has 0 spiro atoms. The van der Waals surface area contributed by atoms with Crippen LogP contribution in [0.15, 0.2) is 18.2 Å². The maximum absolute atomic E-state index is 9.69. The Kier molecular flexibility index (Phi) is 3.94. The molecular formula is C11H16O4. The maximum Gasteiger partial charge on any atom is 0.163 e. The van der Waals surface area contributed by atoms with Crippen molar-refractivity contribution in [3.63, 3.8) is 0 Å². The van der Waals surface area contributed by atoms with Gasteiger partial charge in [-0.15, -0.1) is 0 Å². The number of aliphatic hydroxyl groups excluding tert-OH is 2. The molecule has 0 aliphatic carbocycles. The van der Waals surface area contributed by atoms with Crippen LogP contribution in [0.25, 0.3) is 0 Å². The van der Waals surface area contributed by atoms with Gasteiger partial charge in [0.2, 0.25) is 0 Å². The van der Waals surface area contributed by atoms with Gasteiger partial charge in [0.15, 0.2) is 11.5 Å². The number of benzene rings is 1. The Morgan fingerprint density at radius 3 is 2.40 bits per heavy atom. The van der Waals surface area contributed by atoms with Crippen molar-refractivity contribution in [2.75, 3.05) is 0 Å².